The van der Waals surface area contributed by atoms with Crippen LogP contribution in [0.25, 0.3) is 5.65 Å². The van der Waals surface area contributed by atoms with Crippen molar-refractivity contribution in [3.63, 3.8) is 0 Å². The fourth-order valence-electron chi connectivity index (χ4n) is 4.31. The highest BCUT2D eigenvalue weighted by Gasteiger charge is 2.37. The lowest BCUT2D eigenvalue weighted by molar-refractivity contribution is -0.126. The number of hydrogen-bond acceptors (Lipinski definition) is 3. The molecule has 1 aliphatic rings. The normalized spacial score (nSPS) is 17.1. The largest absolute Gasteiger partial charge is 0.336 e. The van der Waals surface area contributed by atoms with Gasteiger partial charge in [-0.1, -0.05) is 18.2 Å². The van der Waals surface area contributed by atoms with Crippen molar-refractivity contribution in [3.05, 3.63) is 65.6 Å². The number of aromatic nitrogens is 2. The van der Waals surface area contributed by atoms with Crippen LogP contribution in [0.1, 0.15) is 60.3 Å². The number of hydrogen-bond donors (Lipinski definition) is 1. The lowest BCUT2D eigenvalue weighted by atomic mass is 9.90. The van der Waals surface area contributed by atoms with Gasteiger partial charge in [-0.15, -0.1) is 0 Å². The van der Waals surface area contributed by atoms with Crippen molar-refractivity contribution in [1.82, 2.24) is 14.3 Å². The Balaban J connectivity index is 1.54. The van der Waals surface area contributed by atoms with E-state index in [0.717, 1.165) is 17.5 Å². The van der Waals surface area contributed by atoms with Gasteiger partial charge in [-0.3, -0.25) is 14.0 Å². The van der Waals surface area contributed by atoms with E-state index in [-0.39, 0.29) is 43.7 Å². The summed E-state index contributed by atoms with van der Waals surface area (Å²) in [6.45, 7) is 3.77. The van der Waals surface area contributed by atoms with Crippen LogP contribution in [0.3, 0.4) is 0 Å². The second-order valence-corrected chi connectivity index (χ2v) is 8.42. The average molecular weight is 440 g/mol. The van der Waals surface area contributed by atoms with E-state index in [4.69, 9.17) is 0 Å². The van der Waals surface area contributed by atoms with Crippen LogP contribution in [-0.2, 0) is 4.79 Å². The second-order valence-electron chi connectivity index (χ2n) is 8.42. The van der Waals surface area contributed by atoms with E-state index in [1.165, 1.54) is 6.20 Å². The number of rotatable bonds is 6. The summed E-state index contributed by atoms with van der Waals surface area (Å²) in [5, 5.41) is 2.94. The molecule has 3 aromatic rings. The minimum atomic E-state index is -2.65. The zero-order valence-corrected chi connectivity index (χ0v) is 18.1. The Kier molecular flexibility index (Phi) is 5.95. The lowest BCUT2D eigenvalue weighted by Gasteiger charge is -2.38. The maximum atomic E-state index is 13.5. The Hall–Kier alpha value is -3.29. The number of carbonyl (C=O) groups excluding carboxylic acids is 2. The first kappa shape index (κ1) is 21.9. The van der Waals surface area contributed by atoms with E-state index in [2.05, 4.69) is 10.3 Å². The van der Waals surface area contributed by atoms with Gasteiger partial charge in [0.1, 0.15) is 11.3 Å². The fourth-order valence-corrected chi connectivity index (χ4v) is 4.31. The summed E-state index contributed by atoms with van der Waals surface area (Å²) in [7, 11) is 0. The van der Waals surface area contributed by atoms with Crippen molar-refractivity contribution in [1.29, 1.82) is 0 Å². The van der Waals surface area contributed by atoms with Crippen LogP contribution in [0, 0.1) is 6.92 Å². The highest BCUT2D eigenvalue weighted by Crippen LogP contribution is 2.37. The smallest absolute Gasteiger partial charge is 0.274 e. The molecule has 0 bridgehead atoms. The molecule has 0 spiro atoms. The van der Waals surface area contributed by atoms with Crippen LogP contribution in [0.4, 0.5) is 14.5 Å². The monoisotopic (exact) mass is 440 g/mol. The van der Waals surface area contributed by atoms with Crippen LogP contribution in [-0.4, -0.2) is 38.6 Å². The lowest BCUT2D eigenvalue weighted by Crippen LogP contribution is -2.41. The van der Waals surface area contributed by atoms with Gasteiger partial charge in [0.05, 0.1) is 12.2 Å². The quantitative estimate of drug-likeness (QED) is 0.549. The molecule has 2 amide bonds. The molecule has 0 radical (unpaired) electrons. The van der Waals surface area contributed by atoms with Crippen molar-refractivity contribution in [2.24, 2.45) is 0 Å². The molecule has 6 nitrogen and oxygen atoms in total. The molecule has 1 aromatic carbocycles. The molecule has 8 heteroatoms. The standard InChI is InChI=1S/C24H26F2N4O2/c1-16-6-7-18(17(2)30(15-31)19-8-10-24(25,26)11-9-19)13-20(16)28-23(32)21-14-27-22-5-3-4-12-29(21)22/h3-7,12-15,17,19H,8-11H2,1-2H3,(H,28,32)/t17-/m0/s1. The van der Waals surface area contributed by atoms with E-state index in [9.17, 15) is 18.4 Å². The van der Waals surface area contributed by atoms with E-state index in [1.807, 2.05) is 50.2 Å². The number of nitrogens with one attached hydrogen (secondary N) is 1. The summed E-state index contributed by atoms with van der Waals surface area (Å²) in [6.07, 6.45) is 4.19. The maximum absolute atomic E-state index is 13.5. The molecule has 0 unspecified atom stereocenters. The van der Waals surface area contributed by atoms with Crippen molar-refractivity contribution in [2.75, 3.05) is 5.32 Å². The summed E-state index contributed by atoms with van der Waals surface area (Å²) < 4.78 is 28.8. The summed E-state index contributed by atoms with van der Waals surface area (Å²) in [5.74, 6) is -2.94. The molecule has 0 saturated heterocycles. The number of pyridine rings is 1. The molecule has 2 aromatic heterocycles. The molecule has 168 valence electrons. The number of carbonyl (C=O) groups is 2. The van der Waals surface area contributed by atoms with Crippen molar-refractivity contribution in [2.45, 2.75) is 57.5 Å². The number of amides is 2. The summed E-state index contributed by atoms with van der Waals surface area (Å²) >= 11 is 0. The average Bonchev–Trinajstić information content (AvgIpc) is 3.21. The van der Waals surface area contributed by atoms with E-state index >= 15 is 0 Å². The molecule has 4 rings (SSSR count). The number of anilines is 1. The number of halogens is 2. The number of imidazole rings is 1. The molecule has 1 saturated carbocycles. The highest BCUT2D eigenvalue weighted by molar-refractivity contribution is 6.03. The third-order valence-corrected chi connectivity index (χ3v) is 6.32. The topological polar surface area (TPSA) is 66.7 Å². The van der Waals surface area contributed by atoms with Crippen molar-refractivity contribution >= 4 is 23.7 Å². The zero-order valence-electron chi connectivity index (χ0n) is 18.1. The SMILES string of the molecule is Cc1ccc([C@H](C)N(C=O)C2CCC(F)(F)CC2)cc1NC(=O)c1cnc2ccccn12. The van der Waals surface area contributed by atoms with E-state index in [1.54, 1.807) is 15.5 Å². The van der Waals surface area contributed by atoms with Gasteiger partial charge in [0.25, 0.3) is 5.91 Å². The predicted octanol–water partition coefficient (Wildman–Crippen LogP) is 4.99. The molecular weight excluding hydrogens is 414 g/mol. The Morgan fingerprint density at radius 1 is 1.28 bits per heavy atom. The number of alkyl halides is 2. The summed E-state index contributed by atoms with van der Waals surface area (Å²) in [5.41, 5.74) is 3.42. The molecule has 1 fully saturated rings. The third kappa shape index (κ3) is 4.35. The zero-order chi connectivity index (χ0) is 22.9. The first-order valence-corrected chi connectivity index (χ1v) is 10.7. The minimum absolute atomic E-state index is 0.205. The van der Waals surface area contributed by atoms with Crippen molar-refractivity contribution in [3.8, 4) is 0 Å². The number of benzene rings is 1. The number of fused-ring (bicyclic) bond motifs is 1. The summed E-state index contributed by atoms with van der Waals surface area (Å²) in [4.78, 5) is 30.6. The van der Waals surface area contributed by atoms with Gasteiger partial charge in [-0.2, -0.15) is 0 Å². The Labute approximate surface area is 185 Å². The first-order valence-electron chi connectivity index (χ1n) is 10.7. The van der Waals surface area contributed by atoms with Crippen LogP contribution in [0.5, 0.6) is 0 Å². The van der Waals surface area contributed by atoms with Gasteiger partial charge in [0.2, 0.25) is 12.3 Å². The van der Waals surface area contributed by atoms with Gasteiger partial charge in [0.15, 0.2) is 0 Å². The van der Waals surface area contributed by atoms with Gasteiger partial charge in [-0.25, -0.2) is 13.8 Å². The van der Waals surface area contributed by atoms with E-state index < -0.39 is 5.92 Å². The molecule has 2 heterocycles. The van der Waals surface area contributed by atoms with Crippen LogP contribution in [0.2, 0.25) is 0 Å². The van der Waals surface area contributed by atoms with Crippen molar-refractivity contribution < 1.29 is 18.4 Å². The summed E-state index contributed by atoms with van der Waals surface area (Å²) in [6, 6.07) is 10.6. The van der Waals surface area contributed by atoms with Crippen LogP contribution >= 0.6 is 0 Å². The maximum Gasteiger partial charge on any atom is 0.274 e. The minimum Gasteiger partial charge on any atom is -0.336 e. The third-order valence-electron chi connectivity index (χ3n) is 6.32. The Morgan fingerprint density at radius 2 is 2.03 bits per heavy atom. The van der Waals surface area contributed by atoms with Gasteiger partial charge in [0, 0.05) is 30.8 Å². The predicted molar refractivity (Wildman–Crippen MR) is 118 cm³/mol. The van der Waals surface area contributed by atoms with Gasteiger partial charge in [-0.05, 0) is 56.0 Å². The molecule has 1 N–H and O–H groups in total. The fraction of sp³-hybridized carbons (Fsp3) is 0.375. The van der Waals surface area contributed by atoms with Gasteiger partial charge >= 0.3 is 0 Å². The molecular formula is C24H26F2N4O2. The van der Waals surface area contributed by atoms with E-state index in [0.29, 0.717) is 17.0 Å². The van der Waals surface area contributed by atoms with Crippen LogP contribution in [0.15, 0.2) is 48.8 Å². The number of nitrogens with zero attached hydrogens (tertiary/aromatic N) is 3. The molecule has 32 heavy (non-hydrogen) atoms. The molecule has 1 atom stereocenters. The highest BCUT2D eigenvalue weighted by atomic mass is 19.3. The Bertz CT molecular complexity index is 1130. The van der Waals surface area contributed by atoms with Gasteiger partial charge < -0.3 is 10.2 Å². The second kappa shape index (κ2) is 8.68. The van der Waals surface area contributed by atoms with Crippen LogP contribution < -0.4 is 5.32 Å². The molecule has 1 aliphatic carbocycles. The molecule has 0 aliphatic heterocycles. The first-order chi connectivity index (χ1) is 15.3. The number of aryl methyl sites for hydroxylation is 1. The Morgan fingerprint density at radius 3 is 2.75 bits per heavy atom.